The first kappa shape index (κ1) is 10.7. The Morgan fingerprint density at radius 2 is 1.93 bits per heavy atom. The van der Waals surface area contributed by atoms with Crippen molar-refractivity contribution in [2.45, 2.75) is 0 Å². The van der Waals surface area contributed by atoms with Crippen LogP contribution in [0, 0.1) is 0 Å². The van der Waals surface area contributed by atoms with E-state index in [4.69, 9.17) is 4.74 Å². The zero-order chi connectivity index (χ0) is 10.5. The molecule has 0 bridgehead atoms. The second-order valence-corrected chi connectivity index (χ2v) is 4.78. The largest absolute Gasteiger partial charge is 0.493 e. The van der Waals surface area contributed by atoms with Crippen molar-refractivity contribution in [2.75, 3.05) is 11.9 Å². The predicted octanol–water partition coefficient (Wildman–Crippen LogP) is 4.19. The molecule has 78 valence electrons. The zero-order valence-corrected chi connectivity index (χ0v) is 10.6. The minimum Gasteiger partial charge on any atom is -0.493 e. The monoisotopic (exact) mass is 282 g/mol. The van der Waals surface area contributed by atoms with Crippen molar-refractivity contribution in [1.29, 1.82) is 0 Å². The summed E-state index contributed by atoms with van der Waals surface area (Å²) in [4.78, 5) is 1.29. The third kappa shape index (κ3) is 2.83. The number of hydrogen-bond donors (Lipinski definition) is 0. The van der Waals surface area contributed by atoms with Gasteiger partial charge in [-0.3, -0.25) is 0 Å². The molecule has 0 aliphatic rings. The van der Waals surface area contributed by atoms with E-state index in [-0.39, 0.29) is 0 Å². The third-order valence-electron chi connectivity index (χ3n) is 2.01. The third-order valence-corrected chi connectivity index (χ3v) is 3.25. The maximum atomic E-state index is 5.48. The molecule has 15 heavy (non-hydrogen) atoms. The minimum atomic E-state index is 0.707. The van der Waals surface area contributed by atoms with E-state index in [1.54, 1.807) is 11.3 Å². The van der Waals surface area contributed by atoms with Crippen molar-refractivity contribution in [3.05, 3.63) is 41.8 Å². The summed E-state index contributed by atoms with van der Waals surface area (Å²) in [5.74, 6) is 0.926. The summed E-state index contributed by atoms with van der Waals surface area (Å²) in [5.41, 5.74) is 1.25. The molecule has 1 aromatic carbocycles. The van der Waals surface area contributed by atoms with Crippen LogP contribution in [-0.2, 0) is 0 Å². The highest BCUT2D eigenvalue weighted by atomic mass is 79.9. The highest BCUT2D eigenvalue weighted by Crippen LogP contribution is 2.26. The molecule has 0 unspecified atom stereocenters. The van der Waals surface area contributed by atoms with E-state index in [1.807, 2.05) is 12.1 Å². The highest BCUT2D eigenvalue weighted by molar-refractivity contribution is 9.09. The number of rotatable bonds is 4. The second-order valence-electron chi connectivity index (χ2n) is 3.04. The predicted molar refractivity (Wildman–Crippen MR) is 69.0 cm³/mol. The molecule has 0 N–H and O–H groups in total. The van der Waals surface area contributed by atoms with E-state index < -0.39 is 0 Å². The Bertz CT molecular complexity index is 394. The van der Waals surface area contributed by atoms with Gasteiger partial charge in [0.2, 0.25) is 0 Å². The number of alkyl halides is 1. The molecule has 0 aliphatic heterocycles. The summed E-state index contributed by atoms with van der Waals surface area (Å²) < 4.78 is 5.48. The van der Waals surface area contributed by atoms with Crippen molar-refractivity contribution < 1.29 is 4.74 Å². The molecule has 0 fully saturated rings. The Morgan fingerprint density at radius 1 is 1.13 bits per heavy atom. The van der Waals surface area contributed by atoms with Gasteiger partial charge in [0, 0.05) is 10.2 Å². The molecule has 2 rings (SSSR count). The topological polar surface area (TPSA) is 9.23 Å². The maximum Gasteiger partial charge on any atom is 0.119 e. The van der Waals surface area contributed by atoms with Gasteiger partial charge in [0.05, 0.1) is 6.61 Å². The molecule has 0 aliphatic carbocycles. The Hall–Kier alpha value is -0.800. The number of thiophene rings is 1. The van der Waals surface area contributed by atoms with Gasteiger partial charge in [0.25, 0.3) is 0 Å². The van der Waals surface area contributed by atoms with Gasteiger partial charge in [-0.15, -0.1) is 11.3 Å². The summed E-state index contributed by atoms with van der Waals surface area (Å²) in [6, 6.07) is 12.4. The lowest BCUT2D eigenvalue weighted by Crippen LogP contribution is -1.96. The lowest BCUT2D eigenvalue weighted by molar-refractivity contribution is 0.345. The summed E-state index contributed by atoms with van der Waals surface area (Å²) >= 11 is 5.08. The van der Waals surface area contributed by atoms with Crippen molar-refractivity contribution in [3.8, 4) is 16.2 Å². The summed E-state index contributed by atoms with van der Waals surface area (Å²) in [7, 11) is 0. The van der Waals surface area contributed by atoms with E-state index in [9.17, 15) is 0 Å². The SMILES string of the molecule is BrCCOc1ccc(-c2cccs2)cc1. The quantitative estimate of drug-likeness (QED) is 0.764. The molecule has 0 radical (unpaired) electrons. The fraction of sp³-hybridized carbons (Fsp3) is 0.167. The van der Waals surface area contributed by atoms with E-state index in [2.05, 4.69) is 45.6 Å². The van der Waals surface area contributed by atoms with Crippen LogP contribution in [0.3, 0.4) is 0 Å². The average Bonchev–Trinajstić information content (AvgIpc) is 2.80. The minimum absolute atomic E-state index is 0.707. The number of halogens is 1. The van der Waals surface area contributed by atoms with Crippen LogP contribution in [0.15, 0.2) is 41.8 Å². The molecule has 0 saturated heterocycles. The van der Waals surface area contributed by atoms with Crippen molar-refractivity contribution in [3.63, 3.8) is 0 Å². The van der Waals surface area contributed by atoms with Gasteiger partial charge in [0.1, 0.15) is 5.75 Å². The van der Waals surface area contributed by atoms with Gasteiger partial charge in [-0.05, 0) is 41.3 Å². The lowest BCUT2D eigenvalue weighted by atomic mass is 10.2. The summed E-state index contributed by atoms with van der Waals surface area (Å²) in [6.45, 7) is 0.707. The first-order valence-electron chi connectivity index (χ1n) is 4.73. The number of ether oxygens (including phenoxy) is 1. The molecular weight excluding hydrogens is 272 g/mol. The van der Waals surface area contributed by atoms with E-state index >= 15 is 0 Å². The summed E-state index contributed by atoms with van der Waals surface area (Å²) in [5, 5.41) is 2.95. The molecule has 1 nitrogen and oxygen atoms in total. The average molecular weight is 283 g/mol. The standard InChI is InChI=1S/C12H11BrOS/c13-7-8-14-11-5-3-10(4-6-11)12-2-1-9-15-12/h1-6,9H,7-8H2. The van der Waals surface area contributed by atoms with E-state index in [1.165, 1.54) is 10.4 Å². The molecule has 0 amide bonds. The summed E-state index contributed by atoms with van der Waals surface area (Å²) in [6.07, 6.45) is 0. The van der Waals surface area contributed by atoms with Crippen molar-refractivity contribution in [2.24, 2.45) is 0 Å². The van der Waals surface area contributed by atoms with Crippen LogP contribution in [0.2, 0.25) is 0 Å². The molecule has 2 aromatic rings. The highest BCUT2D eigenvalue weighted by Gasteiger charge is 1.98. The van der Waals surface area contributed by atoms with Crippen LogP contribution in [0.25, 0.3) is 10.4 Å². The lowest BCUT2D eigenvalue weighted by Gasteiger charge is -2.04. The Balaban J connectivity index is 2.11. The Morgan fingerprint density at radius 3 is 2.53 bits per heavy atom. The molecular formula is C12H11BrOS. The first-order valence-corrected chi connectivity index (χ1v) is 6.73. The molecule has 3 heteroatoms. The van der Waals surface area contributed by atoms with Gasteiger partial charge in [-0.1, -0.05) is 22.0 Å². The molecule has 0 atom stereocenters. The molecule has 0 saturated carbocycles. The van der Waals surface area contributed by atoms with Gasteiger partial charge in [-0.25, -0.2) is 0 Å². The maximum absolute atomic E-state index is 5.48. The van der Waals surface area contributed by atoms with Crippen LogP contribution < -0.4 is 4.74 Å². The van der Waals surface area contributed by atoms with Crippen LogP contribution in [-0.4, -0.2) is 11.9 Å². The van der Waals surface area contributed by atoms with Crippen molar-refractivity contribution >= 4 is 27.3 Å². The first-order chi connectivity index (χ1) is 7.40. The molecule has 0 spiro atoms. The molecule has 1 heterocycles. The van der Waals surface area contributed by atoms with E-state index in [0.717, 1.165) is 11.1 Å². The molecule has 1 aromatic heterocycles. The number of hydrogen-bond acceptors (Lipinski definition) is 2. The Labute approximate surface area is 102 Å². The second kappa shape index (κ2) is 5.33. The van der Waals surface area contributed by atoms with Crippen LogP contribution in [0.4, 0.5) is 0 Å². The Kier molecular flexibility index (Phi) is 3.80. The van der Waals surface area contributed by atoms with Crippen LogP contribution >= 0.6 is 27.3 Å². The van der Waals surface area contributed by atoms with E-state index in [0.29, 0.717) is 6.61 Å². The van der Waals surface area contributed by atoms with Crippen LogP contribution in [0.1, 0.15) is 0 Å². The van der Waals surface area contributed by atoms with Crippen molar-refractivity contribution in [1.82, 2.24) is 0 Å². The fourth-order valence-corrected chi connectivity index (χ4v) is 2.21. The van der Waals surface area contributed by atoms with Gasteiger partial charge in [-0.2, -0.15) is 0 Å². The van der Waals surface area contributed by atoms with Gasteiger partial charge >= 0.3 is 0 Å². The van der Waals surface area contributed by atoms with Crippen LogP contribution in [0.5, 0.6) is 5.75 Å². The van der Waals surface area contributed by atoms with Gasteiger partial charge < -0.3 is 4.74 Å². The number of benzene rings is 1. The normalized spacial score (nSPS) is 10.2. The smallest absolute Gasteiger partial charge is 0.119 e. The zero-order valence-electron chi connectivity index (χ0n) is 8.15. The van der Waals surface area contributed by atoms with Gasteiger partial charge in [0.15, 0.2) is 0 Å². The fourth-order valence-electron chi connectivity index (χ4n) is 1.31.